The van der Waals surface area contributed by atoms with Crippen molar-refractivity contribution in [1.29, 1.82) is 0 Å². The summed E-state index contributed by atoms with van der Waals surface area (Å²) in [4.78, 5) is 0. The maximum Gasteiger partial charge on any atom is 0.104 e. The number of aliphatic hydroxyl groups excluding tert-OH is 6. The van der Waals surface area contributed by atoms with Gasteiger partial charge in [0.1, 0.15) is 24.4 Å². The van der Waals surface area contributed by atoms with Gasteiger partial charge in [-0.2, -0.15) is 0 Å². The lowest BCUT2D eigenvalue weighted by Crippen LogP contribution is -2.39. The molecule has 12 rings (SSSR count). The third-order valence-corrected chi connectivity index (χ3v) is 33.7. The summed E-state index contributed by atoms with van der Waals surface area (Å²) < 4.78 is 82.2. The first-order valence-corrected chi connectivity index (χ1v) is 49.7. The minimum Gasteiger partial charge on any atom is -0.394 e. The molecule has 10 aliphatic carbocycles. The van der Waals surface area contributed by atoms with Crippen LogP contribution >= 0.6 is 0 Å². The van der Waals surface area contributed by atoms with Crippen molar-refractivity contribution in [3.63, 3.8) is 0 Å². The molecule has 0 bridgehead atoms. The molecule has 0 aromatic carbocycles. The normalized spacial score (nSPS) is 35.2. The van der Waals surface area contributed by atoms with Gasteiger partial charge in [0.15, 0.2) is 0 Å². The van der Waals surface area contributed by atoms with E-state index in [4.69, 9.17) is 86.7 Å². The number of ether oxygens (including phenoxy) is 14. The molecule has 0 aromatic heterocycles. The van der Waals surface area contributed by atoms with E-state index in [2.05, 4.69) is 69.2 Å². The van der Waals surface area contributed by atoms with Crippen molar-refractivity contribution in [3.05, 3.63) is 0 Å². The number of rotatable bonds is 46. The summed E-state index contributed by atoms with van der Waals surface area (Å²) in [6.45, 7) is 34.1. The highest BCUT2D eigenvalue weighted by molar-refractivity contribution is 4.97. The van der Waals surface area contributed by atoms with E-state index in [1.807, 2.05) is 0 Å². The van der Waals surface area contributed by atoms with Gasteiger partial charge in [0, 0.05) is 0 Å². The van der Waals surface area contributed by atoms with E-state index in [0.717, 1.165) is 177 Å². The van der Waals surface area contributed by atoms with Crippen LogP contribution in [0.3, 0.4) is 0 Å². The monoisotopic (exact) mass is 1690 g/mol. The fraction of sp³-hybridized carbons (Fsp3) is 1.00. The maximum atomic E-state index is 10.7. The molecule has 0 spiro atoms. The van der Waals surface area contributed by atoms with E-state index in [0.29, 0.717) is 161 Å². The third-order valence-electron chi connectivity index (χ3n) is 33.7. The highest BCUT2D eigenvalue weighted by atomic mass is 16.6. The van der Waals surface area contributed by atoms with Crippen LogP contribution in [0.4, 0.5) is 0 Å². The third kappa shape index (κ3) is 33.0. The van der Waals surface area contributed by atoms with Crippen molar-refractivity contribution in [1.82, 2.24) is 0 Å². The van der Waals surface area contributed by atoms with Crippen LogP contribution in [-0.4, -0.2) is 248 Å². The first kappa shape index (κ1) is 100. The number of hydrogen-bond donors (Lipinski definition) is 6. The molecule has 10 saturated carbocycles. The maximum absolute atomic E-state index is 10.7. The summed E-state index contributed by atoms with van der Waals surface area (Å²) in [5.74, 6) is 7.59. The van der Waals surface area contributed by atoms with Crippen LogP contribution < -0.4 is 0 Å². The van der Waals surface area contributed by atoms with Crippen LogP contribution in [0.2, 0.25) is 0 Å². The Balaban J connectivity index is 0.000000248. The van der Waals surface area contributed by atoms with Crippen LogP contribution in [-0.2, 0) is 66.3 Å². The molecule has 12 fully saturated rings. The zero-order valence-electron chi connectivity index (χ0n) is 77.2. The molecule has 0 aromatic rings. The second kappa shape index (κ2) is 51.6. The Bertz CT molecular complexity index is 2430. The van der Waals surface area contributed by atoms with Crippen molar-refractivity contribution in [2.24, 2.45) is 86.3 Å². The average Bonchev–Trinajstić information content (AvgIpc) is 1.82. The fourth-order valence-electron chi connectivity index (χ4n) is 24.7. The Labute approximate surface area is 723 Å². The van der Waals surface area contributed by atoms with Gasteiger partial charge in [-0.25, -0.2) is 0 Å². The Morgan fingerprint density at radius 1 is 0.218 bits per heavy atom. The minimum atomic E-state index is -0.621. The molecule has 0 amide bonds. The summed E-state index contributed by atoms with van der Waals surface area (Å²) >= 11 is 0. The smallest absolute Gasteiger partial charge is 0.104 e. The molecule has 6 N–H and O–H groups in total. The van der Waals surface area contributed by atoms with Crippen molar-refractivity contribution < 1.29 is 97.0 Å². The Morgan fingerprint density at radius 3 is 0.546 bits per heavy atom. The zero-order valence-corrected chi connectivity index (χ0v) is 77.2. The van der Waals surface area contributed by atoms with Crippen LogP contribution in [0, 0.1) is 86.3 Å². The molecule has 119 heavy (non-hydrogen) atoms. The molecule has 2 aliphatic heterocycles. The Kier molecular flexibility index (Phi) is 43.5. The first-order valence-electron chi connectivity index (χ1n) is 49.7. The summed E-state index contributed by atoms with van der Waals surface area (Å²) in [5.41, 5.74) is 1.78. The Morgan fingerprint density at radius 2 is 0.378 bits per heavy atom. The highest BCUT2D eigenvalue weighted by Crippen LogP contribution is 2.55. The van der Waals surface area contributed by atoms with Gasteiger partial charge in [-0.15, -0.1) is 0 Å². The number of hydrogen-bond acceptors (Lipinski definition) is 20. The van der Waals surface area contributed by atoms with Crippen LogP contribution in [0.1, 0.15) is 326 Å². The van der Waals surface area contributed by atoms with Crippen LogP contribution in [0.5, 0.6) is 0 Å². The molecule has 12 aliphatic rings. The molecular formula is C99H180O20. The predicted molar refractivity (Wildman–Crippen MR) is 467 cm³/mol. The fourth-order valence-corrected chi connectivity index (χ4v) is 24.7. The lowest BCUT2D eigenvalue weighted by Gasteiger charge is -2.46. The average molecular weight is 1690 g/mol. The molecule has 0 radical (unpaired) electrons. The second-order valence-corrected chi connectivity index (χ2v) is 42.7. The van der Waals surface area contributed by atoms with Crippen molar-refractivity contribution in [3.8, 4) is 0 Å². The van der Waals surface area contributed by atoms with Crippen LogP contribution in [0.15, 0.2) is 0 Å². The quantitative estimate of drug-likeness (QED) is 0.0245. The molecule has 2 heterocycles. The van der Waals surface area contributed by atoms with Gasteiger partial charge in [-0.05, 0) is 343 Å². The lowest BCUT2D eigenvalue weighted by atomic mass is 9.60. The highest BCUT2D eigenvalue weighted by Gasteiger charge is 2.47. The standard InChI is InChI=1S/C59H108O12.C21H36O4.C19H36O4/c1-57(2,43-7-19-51(20-8-43)66-33-31-60)45-11-23-53(24-12-45)68-37-35-64-39-49(62)41-70-55-27-15-47(16-28-55)59(5,6)48-17-29-56(30-18-48)71-42-50(63)40-65-36-38-69-54-25-13-46(14-26-54)58(3,4)44-9-21-52(22-10-44)67-34-32-61;1-21(2,15-3-7-17(8-4-15)22-11-19-13-24-19)16-5-9-18(10-6-16)23-12-20-14-25-20;1-19(2,15-3-7-17(8-4-15)22-13-11-20)16-5-9-18(10-6-16)23-14-12-21/h43-56,60-63H,7-42H2,1-6H3;15-20H,3-14H2,1-2H3;15-18,20-21H,3-14H2,1-2H3. The Hall–Kier alpha value is -0.800. The van der Waals surface area contributed by atoms with Crippen LogP contribution in [0.25, 0.3) is 0 Å². The van der Waals surface area contributed by atoms with E-state index >= 15 is 0 Å². The summed E-state index contributed by atoms with van der Waals surface area (Å²) in [5, 5.41) is 57.2. The van der Waals surface area contributed by atoms with Gasteiger partial charge < -0.3 is 97.0 Å². The summed E-state index contributed by atoms with van der Waals surface area (Å²) in [6, 6.07) is 0. The van der Waals surface area contributed by atoms with Gasteiger partial charge in [-0.3, -0.25) is 0 Å². The van der Waals surface area contributed by atoms with E-state index in [9.17, 15) is 10.2 Å². The molecule has 4 atom stereocenters. The van der Waals surface area contributed by atoms with E-state index in [-0.39, 0.29) is 57.3 Å². The molecular weight excluding hydrogens is 1510 g/mol. The summed E-state index contributed by atoms with van der Waals surface area (Å²) in [6.07, 6.45) is 50.4. The molecule has 2 saturated heterocycles. The molecule has 4 unspecified atom stereocenters. The topological polar surface area (TPSA) is 257 Å². The van der Waals surface area contributed by atoms with Gasteiger partial charge >= 0.3 is 0 Å². The van der Waals surface area contributed by atoms with Crippen molar-refractivity contribution in [2.45, 2.75) is 412 Å². The SMILES string of the molecule is CC(C)(C1CCC(OCC2CO2)CC1)C1CCC(OCC2CO2)CC1.CC(C)(C1CCC(OCCO)CC1)C1CCC(OCCO)CC1.CC(C)(C1CCC(OCCO)CC1)C1CCC(OCCOCC(O)COC2CCC(C(C)(C)C3CCC(OCC(O)COCCOC4CCC(C(C)(C)C5CCC(OCCO)CC5)CC4)CC3)CC2)CC1. The zero-order chi connectivity index (χ0) is 84.7. The number of aliphatic hydroxyl groups is 6. The van der Waals surface area contributed by atoms with E-state index in [1.165, 1.54) is 154 Å². The van der Waals surface area contributed by atoms with E-state index < -0.39 is 12.2 Å². The van der Waals surface area contributed by atoms with Gasteiger partial charge in [0.2, 0.25) is 0 Å². The van der Waals surface area contributed by atoms with Crippen molar-refractivity contribution >= 4 is 0 Å². The summed E-state index contributed by atoms with van der Waals surface area (Å²) in [7, 11) is 0. The first-order chi connectivity index (χ1) is 57.4. The van der Waals surface area contributed by atoms with Gasteiger partial charge in [0.25, 0.3) is 0 Å². The molecule has 20 heteroatoms. The molecule has 20 nitrogen and oxygen atoms in total. The van der Waals surface area contributed by atoms with E-state index in [1.54, 1.807) is 0 Å². The molecule has 696 valence electrons. The van der Waals surface area contributed by atoms with Crippen molar-refractivity contribution in [2.75, 3.05) is 132 Å². The minimum absolute atomic E-state index is 0.113. The largest absolute Gasteiger partial charge is 0.394 e. The predicted octanol–water partition coefficient (Wildman–Crippen LogP) is 17.4. The van der Waals surface area contributed by atoms with Gasteiger partial charge in [0.05, 0.1) is 193 Å². The van der Waals surface area contributed by atoms with Gasteiger partial charge in [-0.1, -0.05) is 69.2 Å². The second-order valence-electron chi connectivity index (χ2n) is 42.7. The number of epoxide rings is 2. The lowest BCUT2D eigenvalue weighted by molar-refractivity contribution is -0.0833.